The summed E-state index contributed by atoms with van der Waals surface area (Å²) in [4.78, 5) is 12.5. The molecule has 0 bridgehead atoms. The van der Waals surface area contributed by atoms with Gasteiger partial charge in [-0.3, -0.25) is 4.79 Å². The third-order valence-electron chi connectivity index (χ3n) is 5.03. The molecule has 0 heterocycles. The van der Waals surface area contributed by atoms with Gasteiger partial charge in [-0.25, -0.2) is 0 Å². The lowest BCUT2D eigenvalue weighted by atomic mass is 10.1. The van der Waals surface area contributed by atoms with Gasteiger partial charge < -0.3 is 4.74 Å². The molecule has 2 aliphatic carbocycles. The summed E-state index contributed by atoms with van der Waals surface area (Å²) in [6.07, 6.45) is 8.64. The van der Waals surface area contributed by atoms with Crippen molar-refractivity contribution in [3.63, 3.8) is 0 Å². The number of hydrogen-bond donors (Lipinski definition) is 0. The van der Waals surface area contributed by atoms with Gasteiger partial charge in [0.25, 0.3) is 0 Å². The SMILES string of the molecule is C#CCC1=C(C)[C@@H](OC(=O)[C@H]2[C@@H](C=C(C)C)C2(C)C)CC1=C. The first-order valence-corrected chi connectivity index (χ1v) is 7.87. The molecule has 0 unspecified atom stereocenters. The topological polar surface area (TPSA) is 26.3 Å². The van der Waals surface area contributed by atoms with Crippen molar-refractivity contribution in [1.82, 2.24) is 0 Å². The van der Waals surface area contributed by atoms with Crippen molar-refractivity contribution in [3.05, 3.63) is 34.9 Å². The first-order chi connectivity index (χ1) is 10.2. The van der Waals surface area contributed by atoms with Crippen LogP contribution in [0.25, 0.3) is 0 Å². The van der Waals surface area contributed by atoms with Crippen LogP contribution in [0.15, 0.2) is 34.9 Å². The molecule has 2 rings (SSSR count). The zero-order valence-electron chi connectivity index (χ0n) is 14.3. The van der Waals surface area contributed by atoms with Gasteiger partial charge in [0, 0.05) is 12.8 Å². The van der Waals surface area contributed by atoms with Crippen LogP contribution in [0.3, 0.4) is 0 Å². The van der Waals surface area contributed by atoms with Crippen molar-refractivity contribution in [3.8, 4) is 12.3 Å². The minimum atomic E-state index is -0.188. The Balaban J connectivity index is 2.07. The Labute approximate surface area is 134 Å². The Hall–Kier alpha value is -1.75. The molecule has 0 amide bonds. The molecule has 3 atom stereocenters. The minimum Gasteiger partial charge on any atom is -0.457 e. The maximum atomic E-state index is 12.5. The Bertz CT molecular complexity index is 606. The largest absolute Gasteiger partial charge is 0.457 e. The number of esters is 1. The molecule has 1 fully saturated rings. The average molecular weight is 298 g/mol. The van der Waals surface area contributed by atoms with E-state index in [0.717, 1.165) is 16.7 Å². The van der Waals surface area contributed by atoms with E-state index < -0.39 is 0 Å². The highest BCUT2D eigenvalue weighted by Gasteiger charge is 2.61. The molecular weight excluding hydrogens is 272 g/mol. The van der Waals surface area contributed by atoms with Gasteiger partial charge in [-0.15, -0.1) is 12.3 Å². The number of carbonyl (C=O) groups excluding carboxylic acids is 1. The average Bonchev–Trinajstić information content (AvgIpc) is 2.83. The van der Waals surface area contributed by atoms with Crippen LogP contribution in [0, 0.1) is 29.6 Å². The van der Waals surface area contributed by atoms with Crippen LogP contribution in [0.2, 0.25) is 0 Å². The lowest BCUT2D eigenvalue weighted by Crippen LogP contribution is -2.20. The second kappa shape index (κ2) is 5.80. The van der Waals surface area contributed by atoms with Crippen LogP contribution >= 0.6 is 0 Å². The van der Waals surface area contributed by atoms with Crippen molar-refractivity contribution < 1.29 is 9.53 Å². The van der Waals surface area contributed by atoms with E-state index in [1.165, 1.54) is 5.57 Å². The van der Waals surface area contributed by atoms with E-state index in [4.69, 9.17) is 11.2 Å². The summed E-state index contributed by atoms with van der Waals surface area (Å²) in [6.45, 7) is 14.4. The van der Waals surface area contributed by atoms with E-state index in [1.54, 1.807) is 0 Å². The second-order valence-corrected chi connectivity index (χ2v) is 7.34. The third kappa shape index (κ3) is 2.90. The predicted octanol–water partition coefficient (Wildman–Crippen LogP) is 4.44. The van der Waals surface area contributed by atoms with Crippen LogP contribution in [0.4, 0.5) is 0 Å². The fourth-order valence-corrected chi connectivity index (χ4v) is 3.48. The number of ether oxygens (including phenoxy) is 1. The minimum absolute atomic E-state index is 0.0107. The van der Waals surface area contributed by atoms with E-state index in [9.17, 15) is 4.79 Å². The van der Waals surface area contributed by atoms with Crippen molar-refractivity contribution in [2.45, 2.75) is 53.6 Å². The van der Waals surface area contributed by atoms with Gasteiger partial charge in [-0.2, -0.15) is 0 Å². The molecule has 0 radical (unpaired) electrons. The van der Waals surface area contributed by atoms with Gasteiger partial charge in [0.05, 0.1) is 5.92 Å². The van der Waals surface area contributed by atoms with Gasteiger partial charge in [-0.1, -0.05) is 32.1 Å². The smallest absolute Gasteiger partial charge is 0.310 e. The molecule has 2 aliphatic rings. The summed E-state index contributed by atoms with van der Waals surface area (Å²) in [5, 5.41) is 0. The monoisotopic (exact) mass is 298 g/mol. The van der Waals surface area contributed by atoms with Crippen LogP contribution in [0.5, 0.6) is 0 Å². The zero-order valence-corrected chi connectivity index (χ0v) is 14.3. The Morgan fingerprint density at radius 2 is 2.14 bits per heavy atom. The molecule has 22 heavy (non-hydrogen) atoms. The summed E-state index contributed by atoms with van der Waals surface area (Å²) >= 11 is 0. The highest BCUT2D eigenvalue weighted by Crippen LogP contribution is 2.60. The van der Waals surface area contributed by atoms with E-state index in [2.05, 4.69) is 46.3 Å². The summed E-state index contributed by atoms with van der Waals surface area (Å²) < 4.78 is 5.79. The molecule has 1 saturated carbocycles. The molecule has 2 heteroatoms. The summed E-state index contributed by atoms with van der Waals surface area (Å²) in [5.41, 5.74) is 4.38. The van der Waals surface area contributed by atoms with Crippen LogP contribution in [-0.4, -0.2) is 12.1 Å². The maximum Gasteiger partial charge on any atom is 0.310 e. The van der Waals surface area contributed by atoms with Crippen molar-refractivity contribution >= 4 is 5.97 Å². The Morgan fingerprint density at radius 1 is 1.50 bits per heavy atom. The molecule has 0 N–H and O–H groups in total. The van der Waals surface area contributed by atoms with E-state index in [1.807, 2.05) is 6.92 Å². The Morgan fingerprint density at radius 3 is 2.68 bits per heavy atom. The zero-order chi connectivity index (χ0) is 16.7. The quantitative estimate of drug-likeness (QED) is 0.436. The normalized spacial score (nSPS) is 29.1. The van der Waals surface area contributed by atoms with Gasteiger partial charge in [0.1, 0.15) is 6.10 Å². The number of hydrogen-bond acceptors (Lipinski definition) is 2. The third-order valence-corrected chi connectivity index (χ3v) is 5.03. The first-order valence-electron chi connectivity index (χ1n) is 7.87. The van der Waals surface area contributed by atoms with Crippen molar-refractivity contribution in [2.75, 3.05) is 0 Å². The maximum absolute atomic E-state index is 12.5. The lowest BCUT2D eigenvalue weighted by Gasteiger charge is -2.14. The van der Waals surface area contributed by atoms with Gasteiger partial charge in [-0.05, 0) is 48.8 Å². The summed E-state index contributed by atoms with van der Waals surface area (Å²) in [7, 11) is 0. The second-order valence-electron chi connectivity index (χ2n) is 7.34. The first kappa shape index (κ1) is 16.6. The van der Waals surface area contributed by atoms with E-state index >= 15 is 0 Å². The molecule has 0 aromatic carbocycles. The predicted molar refractivity (Wildman–Crippen MR) is 90.0 cm³/mol. The number of carbonyl (C=O) groups is 1. The summed E-state index contributed by atoms with van der Waals surface area (Å²) in [5.74, 6) is 2.80. The Kier molecular flexibility index (Phi) is 4.38. The van der Waals surface area contributed by atoms with Gasteiger partial charge >= 0.3 is 5.97 Å². The molecule has 118 valence electrons. The standard InChI is InChI=1S/C20H26O2/c1-8-9-15-13(4)11-17(14(15)5)22-19(21)18-16(10-12(2)3)20(18,6)7/h1,10,16-18H,4,9,11H2,2-3,5-7H3/t16-,17+,18-/m1/s1. The fourth-order valence-electron chi connectivity index (χ4n) is 3.48. The molecule has 0 saturated heterocycles. The molecule has 0 aromatic rings. The van der Waals surface area contributed by atoms with E-state index in [0.29, 0.717) is 12.8 Å². The van der Waals surface area contributed by atoms with Crippen molar-refractivity contribution in [2.24, 2.45) is 17.3 Å². The fraction of sp³-hybridized carbons (Fsp3) is 0.550. The molecule has 0 spiro atoms. The summed E-state index contributed by atoms with van der Waals surface area (Å²) in [6, 6.07) is 0. The molecule has 2 nitrogen and oxygen atoms in total. The highest BCUT2D eigenvalue weighted by molar-refractivity contribution is 5.79. The lowest BCUT2D eigenvalue weighted by molar-refractivity contribution is -0.149. The van der Waals surface area contributed by atoms with Crippen LogP contribution in [-0.2, 0) is 9.53 Å². The highest BCUT2D eigenvalue weighted by atomic mass is 16.5. The number of rotatable bonds is 4. The molecule has 0 aliphatic heterocycles. The van der Waals surface area contributed by atoms with Gasteiger partial charge in [0.15, 0.2) is 0 Å². The van der Waals surface area contributed by atoms with Crippen molar-refractivity contribution in [1.29, 1.82) is 0 Å². The number of terminal acetylenes is 1. The van der Waals surface area contributed by atoms with Crippen LogP contribution in [0.1, 0.15) is 47.5 Å². The van der Waals surface area contributed by atoms with Gasteiger partial charge in [0.2, 0.25) is 0 Å². The molecular formula is C20H26O2. The number of allylic oxidation sites excluding steroid dienone is 3. The van der Waals surface area contributed by atoms with Crippen LogP contribution < -0.4 is 0 Å². The van der Waals surface area contributed by atoms with E-state index in [-0.39, 0.29) is 29.3 Å². The molecule has 0 aromatic heterocycles.